The minimum absolute atomic E-state index is 0.0342. The molecule has 0 spiro atoms. The van der Waals surface area contributed by atoms with Gasteiger partial charge in [0.1, 0.15) is 5.75 Å². The SMILES string of the molecule is NC(=O)c1cccc2c1O/C(=C/c1ccc(O)cc1)C(=O)N2. The van der Waals surface area contributed by atoms with Gasteiger partial charge < -0.3 is 20.9 Å². The van der Waals surface area contributed by atoms with Gasteiger partial charge in [-0.15, -0.1) is 0 Å². The van der Waals surface area contributed by atoms with Crippen LogP contribution in [0.25, 0.3) is 6.08 Å². The zero-order valence-electron chi connectivity index (χ0n) is 11.4. The van der Waals surface area contributed by atoms with E-state index in [1.54, 1.807) is 24.3 Å². The maximum absolute atomic E-state index is 12.0. The van der Waals surface area contributed by atoms with Crippen LogP contribution < -0.4 is 15.8 Å². The molecule has 0 atom stereocenters. The van der Waals surface area contributed by atoms with E-state index in [1.165, 1.54) is 24.3 Å². The summed E-state index contributed by atoms with van der Waals surface area (Å²) in [4.78, 5) is 23.5. The number of phenolic OH excluding ortho intramolecular Hbond substituents is 1. The van der Waals surface area contributed by atoms with Crippen molar-refractivity contribution in [3.05, 3.63) is 59.4 Å². The Morgan fingerprint density at radius 3 is 2.59 bits per heavy atom. The third kappa shape index (κ3) is 2.49. The van der Waals surface area contributed by atoms with Gasteiger partial charge in [-0.1, -0.05) is 18.2 Å². The van der Waals surface area contributed by atoms with Gasteiger partial charge in [0.05, 0.1) is 11.3 Å². The molecule has 0 saturated carbocycles. The number of carbonyl (C=O) groups excluding carboxylic acids is 2. The van der Waals surface area contributed by atoms with E-state index in [1.807, 2.05) is 0 Å². The molecule has 0 aromatic heterocycles. The second kappa shape index (κ2) is 5.25. The summed E-state index contributed by atoms with van der Waals surface area (Å²) in [5, 5.41) is 11.9. The van der Waals surface area contributed by atoms with Gasteiger partial charge in [0.25, 0.3) is 11.8 Å². The van der Waals surface area contributed by atoms with Crippen molar-refractivity contribution in [3.63, 3.8) is 0 Å². The summed E-state index contributed by atoms with van der Waals surface area (Å²) in [5.41, 5.74) is 6.56. The fourth-order valence-corrected chi connectivity index (χ4v) is 2.10. The average Bonchev–Trinajstić information content (AvgIpc) is 2.49. The van der Waals surface area contributed by atoms with Gasteiger partial charge in [0.15, 0.2) is 11.5 Å². The molecule has 0 saturated heterocycles. The molecule has 110 valence electrons. The molecule has 6 heteroatoms. The van der Waals surface area contributed by atoms with Gasteiger partial charge in [-0.25, -0.2) is 0 Å². The minimum Gasteiger partial charge on any atom is -0.508 e. The van der Waals surface area contributed by atoms with Crippen LogP contribution in [0.3, 0.4) is 0 Å². The van der Waals surface area contributed by atoms with Crippen molar-refractivity contribution >= 4 is 23.6 Å². The molecule has 0 unspecified atom stereocenters. The molecule has 1 aliphatic heterocycles. The normalized spacial score (nSPS) is 14.9. The molecule has 2 amide bonds. The van der Waals surface area contributed by atoms with Crippen molar-refractivity contribution < 1.29 is 19.4 Å². The van der Waals surface area contributed by atoms with Crippen LogP contribution >= 0.6 is 0 Å². The number of benzene rings is 2. The third-order valence-corrected chi connectivity index (χ3v) is 3.16. The first kappa shape index (κ1) is 13.7. The number of anilines is 1. The molecule has 0 bridgehead atoms. The summed E-state index contributed by atoms with van der Waals surface area (Å²) in [6, 6.07) is 11.0. The number of hydrogen-bond donors (Lipinski definition) is 3. The first-order valence-electron chi connectivity index (χ1n) is 6.47. The Bertz CT molecular complexity index is 794. The van der Waals surface area contributed by atoms with Crippen molar-refractivity contribution in [2.24, 2.45) is 5.73 Å². The first-order valence-corrected chi connectivity index (χ1v) is 6.47. The van der Waals surface area contributed by atoms with E-state index in [4.69, 9.17) is 10.5 Å². The lowest BCUT2D eigenvalue weighted by atomic mass is 10.1. The smallest absolute Gasteiger partial charge is 0.291 e. The summed E-state index contributed by atoms with van der Waals surface area (Å²) in [5.74, 6) is -0.691. The Labute approximate surface area is 125 Å². The lowest BCUT2D eigenvalue weighted by Crippen LogP contribution is -2.25. The third-order valence-electron chi connectivity index (χ3n) is 3.16. The largest absolute Gasteiger partial charge is 0.508 e. The van der Waals surface area contributed by atoms with Crippen LogP contribution in [-0.4, -0.2) is 16.9 Å². The average molecular weight is 296 g/mol. The van der Waals surface area contributed by atoms with E-state index < -0.39 is 11.8 Å². The van der Waals surface area contributed by atoms with E-state index >= 15 is 0 Å². The number of aromatic hydroxyl groups is 1. The Morgan fingerprint density at radius 1 is 1.18 bits per heavy atom. The van der Waals surface area contributed by atoms with Crippen molar-refractivity contribution in [3.8, 4) is 11.5 Å². The van der Waals surface area contributed by atoms with Gasteiger partial charge in [-0.05, 0) is 35.9 Å². The van der Waals surface area contributed by atoms with Crippen LogP contribution in [0, 0.1) is 0 Å². The zero-order chi connectivity index (χ0) is 15.7. The van der Waals surface area contributed by atoms with Gasteiger partial charge in [0, 0.05) is 0 Å². The Kier molecular flexibility index (Phi) is 3.27. The molecule has 4 N–H and O–H groups in total. The predicted octanol–water partition coefficient (Wildman–Crippen LogP) is 1.86. The van der Waals surface area contributed by atoms with Gasteiger partial charge >= 0.3 is 0 Å². The number of primary amides is 1. The molecule has 6 nitrogen and oxygen atoms in total. The molecule has 2 aromatic carbocycles. The highest BCUT2D eigenvalue weighted by atomic mass is 16.5. The number of nitrogens with two attached hydrogens (primary N) is 1. The number of hydrogen-bond acceptors (Lipinski definition) is 4. The molecule has 0 radical (unpaired) electrons. The fraction of sp³-hybridized carbons (Fsp3) is 0. The van der Waals surface area contributed by atoms with Crippen LogP contribution in [0.5, 0.6) is 11.5 Å². The van der Waals surface area contributed by atoms with Gasteiger partial charge in [0.2, 0.25) is 0 Å². The Hall–Kier alpha value is -3.28. The van der Waals surface area contributed by atoms with Gasteiger partial charge in [-0.3, -0.25) is 9.59 Å². The summed E-state index contributed by atoms with van der Waals surface area (Å²) < 4.78 is 5.56. The minimum atomic E-state index is -0.642. The van der Waals surface area contributed by atoms with Crippen LogP contribution in [0.2, 0.25) is 0 Å². The van der Waals surface area contributed by atoms with E-state index in [9.17, 15) is 14.7 Å². The van der Waals surface area contributed by atoms with Crippen molar-refractivity contribution in [2.75, 3.05) is 5.32 Å². The summed E-state index contributed by atoms with van der Waals surface area (Å²) in [6.45, 7) is 0. The topological polar surface area (TPSA) is 102 Å². The second-order valence-corrected chi connectivity index (χ2v) is 4.70. The van der Waals surface area contributed by atoms with E-state index in [0.29, 0.717) is 11.3 Å². The first-order chi connectivity index (χ1) is 10.5. The highest BCUT2D eigenvalue weighted by molar-refractivity contribution is 6.10. The monoisotopic (exact) mass is 296 g/mol. The number of amides is 2. The predicted molar refractivity (Wildman–Crippen MR) is 80.3 cm³/mol. The van der Waals surface area contributed by atoms with Gasteiger partial charge in [-0.2, -0.15) is 0 Å². The van der Waals surface area contributed by atoms with Crippen molar-refractivity contribution in [1.82, 2.24) is 0 Å². The molecular formula is C16H12N2O4. The van der Waals surface area contributed by atoms with Crippen LogP contribution in [-0.2, 0) is 4.79 Å². The van der Waals surface area contributed by atoms with E-state index in [2.05, 4.69) is 5.32 Å². The van der Waals surface area contributed by atoms with Crippen molar-refractivity contribution in [1.29, 1.82) is 0 Å². The molecule has 1 aliphatic rings. The standard InChI is InChI=1S/C16H12N2O4/c17-15(20)11-2-1-3-12-14(11)22-13(16(21)18-12)8-9-4-6-10(19)7-5-9/h1-8,19H,(H2,17,20)(H,18,21)/b13-8+. The molecule has 3 rings (SSSR count). The van der Waals surface area contributed by atoms with E-state index in [0.717, 1.165) is 0 Å². The summed E-state index contributed by atoms with van der Waals surface area (Å²) in [7, 11) is 0. The lowest BCUT2D eigenvalue weighted by molar-refractivity contribution is -0.115. The number of ether oxygens (including phenoxy) is 1. The Morgan fingerprint density at radius 2 is 1.91 bits per heavy atom. The number of carbonyl (C=O) groups is 2. The molecule has 0 aliphatic carbocycles. The quantitative estimate of drug-likeness (QED) is 0.736. The van der Waals surface area contributed by atoms with E-state index in [-0.39, 0.29) is 22.8 Å². The lowest BCUT2D eigenvalue weighted by Gasteiger charge is -2.21. The van der Waals surface area contributed by atoms with Crippen LogP contribution in [0.4, 0.5) is 5.69 Å². The summed E-state index contributed by atoms with van der Waals surface area (Å²) in [6.07, 6.45) is 1.51. The maximum Gasteiger partial charge on any atom is 0.291 e. The molecule has 0 fully saturated rings. The molecule has 1 heterocycles. The van der Waals surface area contributed by atoms with Crippen LogP contribution in [0.15, 0.2) is 48.2 Å². The molecular weight excluding hydrogens is 284 g/mol. The number of fused-ring (bicyclic) bond motifs is 1. The number of phenols is 1. The Balaban J connectivity index is 2.01. The zero-order valence-corrected chi connectivity index (χ0v) is 11.4. The summed E-state index contributed by atoms with van der Waals surface area (Å²) >= 11 is 0. The fourth-order valence-electron chi connectivity index (χ4n) is 2.10. The molecule has 22 heavy (non-hydrogen) atoms. The highest BCUT2D eigenvalue weighted by Crippen LogP contribution is 2.34. The van der Waals surface area contributed by atoms with Crippen LogP contribution in [0.1, 0.15) is 15.9 Å². The maximum atomic E-state index is 12.0. The molecule has 2 aromatic rings. The number of rotatable bonds is 2. The number of nitrogens with one attached hydrogen (secondary N) is 1. The van der Waals surface area contributed by atoms with Crippen molar-refractivity contribution in [2.45, 2.75) is 0 Å². The highest BCUT2D eigenvalue weighted by Gasteiger charge is 2.25. The second-order valence-electron chi connectivity index (χ2n) is 4.70. The number of para-hydroxylation sites is 1.